The molecule has 0 saturated carbocycles. The molecule has 0 saturated heterocycles. The summed E-state index contributed by atoms with van der Waals surface area (Å²) >= 11 is 0.144. The maximum atomic E-state index is 11.6. The molecular formula is C7H9FS. The molecule has 0 heterocycles. The molecule has 0 unspecified atom stereocenters. The second-order valence-corrected chi connectivity index (χ2v) is 2.40. The summed E-state index contributed by atoms with van der Waals surface area (Å²) in [5, 5.41) is 0. The Balaban J connectivity index is 3.71. The van der Waals surface area contributed by atoms with Crippen LogP contribution in [0.5, 0.6) is 0 Å². The van der Waals surface area contributed by atoms with Crippen molar-refractivity contribution in [3.63, 3.8) is 0 Å². The first-order valence-corrected chi connectivity index (χ1v) is 3.19. The molecule has 0 rings (SSSR count). The van der Waals surface area contributed by atoms with Crippen molar-refractivity contribution in [2.75, 3.05) is 0 Å². The van der Waals surface area contributed by atoms with Gasteiger partial charge in [-0.05, 0) is 13.0 Å². The van der Waals surface area contributed by atoms with Crippen LogP contribution in [0.25, 0.3) is 0 Å². The van der Waals surface area contributed by atoms with Gasteiger partial charge in [-0.3, -0.25) is 0 Å². The van der Waals surface area contributed by atoms with Gasteiger partial charge in [-0.25, -0.2) is 0 Å². The van der Waals surface area contributed by atoms with E-state index in [4.69, 9.17) is 0 Å². The Bertz CT molecular complexity index is 147. The van der Waals surface area contributed by atoms with Crippen LogP contribution in [0.15, 0.2) is 35.8 Å². The van der Waals surface area contributed by atoms with E-state index in [1.165, 1.54) is 0 Å². The van der Waals surface area contributed by atoms with Crippen LogP contribution >= 0.6 is 12.1 Å². The maximum Gasteiger partial charge on any atom is 0.0805 e. The lowest BCUT2D eigenvalue weighted by Crippen LogP contribution is -1.62. The van der Waals surface area contributed by atoms with E-state index in [1.54, 1.807) is 12.2 Å². The van der Waals surface area contributed by atoms with Crippen LogP contribution in [0.1, 0.15) is 6.92 Å². The van der Waals surface area contributed by atoms with Gasteiger partial charge in [-0.1, -0.05) is 24.8 Å². The predicted octanol–water partition coefficient (Wildman–Crippen LogP) is 3.25. The molecule has 0 atom stereocenters. The van der Waals surface area contributed by atoms with Gasteiger partial charge in [0, 0.05) is 4.91 Å². The molecule has 0 spiro atoms. The molecule has 0 fully saturated rings. The van der Waals surface area contributed by atoms with Crippen molar-refractivity contribution in [3.05, 3.63) is 35.8 Å². The normalized spacial score (nSPS) is 10.0. The van der Waals surface area contributed by atoms with E-state index in [0.29, 0.717) is 4.91 Å². The fraction of sp³-hybridized carbons (Fsp3) is 0.143. The minimum Gasteiger partial charge on any atom is -0.160 e. The average Bonchev–Trinajstić information content (AvgIpc) is 1.83. The highest BCUT2D eigenvalue weighted by molar-refractivity contribution is 7.98. The molecule has 0 aliphatic heterocycles. The number of hydrogen-bond acceptors (Lipinski definition) is 1. The molecule has 0 aromatic heterocycles. The lowest BCUT2D eigenvalue weighted by Gasteiger charge is -1.86. The first-order valence-electron chi connectivity index (χ1n) is 2.48. The van der Waals surface area contributed by atoms with Gasteiger partial charge in [-0.15, -0.1) is 0 Å². The van der Waals surface area contributed by atoms with Gasteiger partial charge in [-0.2, -0.15) is 3.89 Å². The Morgan fingerprint density at radius 2 is 2.00 bits per heavy atom. The minimum atomic E-state index is 0.144. The van der Waals surface area contributed by atoms with Gasteiger partial charge in [0.1, 0.15) is 0 Å². The van der Waals surface area contributed by atoms with E-state index in [-0.39, 0.29) is 12.1 Å². The summed E-state index contributed by atoms with van der Waals surface area (Å²) in [6.07, 6.45) is 3.31. The average molecular weight is 144 g/mol. The minimum absolute atomic E-state index is 0.144. The molecule has 50 valence electrons. The summed E-state index contributed by atoms with van der Waals surface area (Å²) in [4.78, 5) is 0.401. The van der Waals surface area contributed by atoms with Crippen LogP contribution in [0.4, 0.5) is 3.89 Å². The lowest BCUT2D eigenvalue weighted by atomic mass is 10.3. The maximum absolute atomic E-state index is 11.6. The third kappa shape index (κ3) is 5.37. The van der Waals surface area contributed by atoms with Gasteiger partial charge in [0.15, 0.2) is 0 Å². The first kappa shape index (κ1) is 8.50. The number of rotatable bonds is 3. The standard InChI is InChI=1S/C7H9FS/c1-6(2)4-5-7(3)9-8/h4-5H,1,3H2,2H3/b5-4-. The Morgan fingerprint density at radius 1 is 1.44 bits per heavy atom. The summed E-state index contributed by atoms with van der Waals surface area (Å²) < 4.78 is 11.6. The van der Waals surface area contributed by atoms with Gasteiger partial charge in [0.25, 0.3) is 0 Å². The van der Waals surface area contributed by atoms with Crippen molar-refractivity contribution in [1.29, 1.82) is 0 Å². The lowest BCUT2D eigenvalue weighted by molar-refractivity contribution is 0.945. The number of allylic oxidation sites excluding steroid dienone is 3. The summed E-state index contributed by atoms with van der Waals surface area (Å²) in [7, 11) is 0. The third-order valence-corrected chi connectivity index (χ3v) is 0.987. The molecule has 0 radical (unpaired) electrons. The fourth-order valence-electron chi connectivity index (χ4n) is 0.261. The highest BCUT2D eigenvalue weighted by Crippen LogP contribution is 2.15. The van der Waals surface area contributed by atoms with Crippen molar-refractivity contribution >= 4 is 12.1 Å². The van der Waals surface area contributed by atoms with Crippen molar-refractivity contribution in [2.24, 2.45) is 0 Å². The third-order valence-electron chi connectivity index (χ3n) is 0.653. The molecule has 0 amide bonds. The zero-order chi connectivity index (χ0) is 7.28. The van der Waals surface area contributed by atoms with E-state index in [9.17, 15) is 3.89 Å². The Hall–Kier alpha value is -0.500. The molecule has 0 bridgehead atoms. The van der Waals surface area contributed by atoms with E-state index in [2.05, 4.69) is 13.2 Å². The number of hydrogen-bond donors (Lipinski definition) is 0. The summed E-state index contributed by atoms with van der Waals surface area (Å²) in [5.41, 5.74) is 0.894. The highest BCUT2D eigenvalue weighted by atomic mass is 32.2. The van der Waals surface area contributed by atoms with Crippen molar-refractivity contribution in [3.8, 4) is 0 Å². The van der Waals surface area contributed by atoms with Crippen LogP contribution in [0, 0.1) is 0 Å². The molecule has 0 aliphatic carbocycles. The van der Waals surface area contributed by atoms with Crippen LogP contribution in [-0.4, -0.2) is 0 Å². The monoisotopic (exact) mass is 144 g/mol. The summed E-state index contributed by atoms with van der Waals surface area (Å²) in [6, 6.07) is 0. The Kier molecular flexibility index (Phi) is 4.14. The van der Waals surface area contributed by atoms with E-state index >= 15 is 0 Å². The Morgan fingerprint density at radius 3 is 2.33 bits per heavy atom. The van der Waals surface area contributed by atoms with Gasteiger partial charge < -0.3 is 0 Å². The topological polar surface area (TPSA) is 0 Å². The molecule has 0 aromatic rings. The molecule has 0 aliphatic rings. The van der Waals surface area contributed by atoms with E-state index < -0.39 is 0 Å². The van der Waals surface area contributed by atoms with Crippen molar-refractivity contribution < 1.29 is 3.89 Å². The largest absolute Gasteiger partial charge is 0.160 e. The summed E-state index contributed by atoms with van der Waals surface area (Å²) in [6.45, 7) is 8.85. The SMILES string of the molecule is C=C(C)/C=C\C(=C)SF. The van der Waals surface area contributed by atoms with E-state index in [0.717, 1.165) is 5.57 Å². The smallest absolute Gasteiger partial charge is 0.0805 e. The van der Waals surface area contributed by atoms with Gasteiger partial charge in [0.2, 0.25) is 0 Å². The van der Waals surface area contributed by atoms with Gasteiger partial charge in [0.05, 0.1) is 12.1 Å². The molecular weight excluding hydrogens is 135 g/mol. The summed E-state index contributed by atoms with van der Waals surface area (Å²) in [5.74, 6) is 0. The molecule has 0 N–H and O–H groups in total. The molecule has 0 aromatic carbocycles. The second-order valence-electron chi connectivity index (χ2n) is 1.72. The first-order chi connectivity index (χ1) is 4.16. The van der Waals surface area contributed by atoms with Gasteiger partial charge >= 0.3 is 0 Å². The molecule has 9 heavy (non-hydrogen) atoms. The van der Waals surface area contributed by atoms with Crippen LogP contribution in [0.2, 0.25) is 0 Å². The van der Waals surface area contributed by atoms with Crippen LogP contribution in [-0.2, 0) is 0 Å². The van der Waals surface area contributed by atoms with Crippen molar-refractivity contribution in [1.82, 2.24) is 0 Å². The second kappa shape index (κ2) is 4.39. The highest BCUT2D eigenvalue weighted by Gasteiger charge is 1.83. The molecule has 0 nitrogen and oxygen atoms in total. The van der Waals surface area contributed by atoms with E-state index in [1.807, 2.05) is 6.92 Å². The van der Waals surface area contributed by atoms with Crippen LogP contribution < -0.4 is 0 Å². The fourth-order valence-corrected chi connectivity index (χ4v) is 0.380. The number of halogens is 1. The zero-order valence-corrected chi connectivity index (χ0v) is 6.17. The van der Waals surface area contributed by atoms with Crippen LogP contribution in [0.3, 0.4) is 0 Å². The quantitative estimate of drug-likeness (QED) is 0.548. The molecule has 2 heteroatoms. The van der Waals surface area contributed by atoms with Crippen molar-refractivity contribution in [2.45, 2.75) is 6.92 Å². The zero-order valence-electron chi connectivity index (χ0n) is 5.36. The Labute approximate surface area is 59.4 Å². The predicted molar refractivity (Wildman–Crippen MR) is 41.8 cm³/mol.